The van der Waals surface area contributed by atoms with Crippen LogP contribution >= 0.6 is 0 Å². The average Bonchev–Trinajstić information content (AvgIpc) is 3.48. The highest BCUT2D eigenvalue weighted by atomic mass is 16.5. The van der Waals surface area contributed by atoms with Crippen LogP contribution in [0, 0.1) is 29.6 Å². The number of carbonyl (C=O) groups excluding carboxylic acids is 1. The third-order valence-electron chi connectivity index (χ3n) is 9.88. The van der Waals surface area contributed by atoms with Gasteiger partial charge in [0.2, 0.25) is 0 Å². The molecule has 7 nitrogen and oxygen atoms in total. The summed E-state index contributed by atoms with van der Waals surface area (Å²) in [7, 11) is 1.76. The second kappa shape index (κ2) is 10.9. The molecule has 1 aromatic heterocycles. The molecule has 1 unspecified atom stereocenters. The molecule has 2 aliphatic heterocycles. The Kier molecular flexibility index (Phi) is 7.33. The zero-order valence-electron chi connectivity index (χ0n) is 24.1. The van der Waals surface area contributed by atoms with E-state index in [1.54, 1.807) is 7.11 Å². The summed E-state index contributed by atoms with van der Waals surface area (Å²) >= 11 is 0. The molecule has 6 rings (SSSR count). The molecule has 1 atom stereocenters. The average molecular weight is 540 g/mol. The molecule has 210 valence electrons. The number of piperazine rings is 1. The van der Waals surface area contributed by atoms with Crippen LogP contribution in [0.3, 0.4) is 0 Å². The number of rotatable bonds is 6. The quantitative estimate of drug-likeness (QED) is 0.447. The van der Waals surface area contributed by atoms with Crippen LogP contribution in [0.4, 0.5) is 0 Å². The van der Waals surface area contributed by atoms with Gasteiger partial charge in [0.15, 0.2) is 0 Å². The maximum atomic E-state index is 13.3. The summed E-state index contributed by atoms with van der Waals surface area (Å²) in [6, 6.07) is 15.4. The van der Waals surface area contributed by atoms with Crippen molar-refractivity contribution in [3.05, 3.63) is 64.8 Å². The number of amides is 1. The topological polar surface area (TPSA) is 75.6 Å². The Hall–Kier alpha value is -3.34. The number of hydrogen-bond donors (Lipinski definition) is 1. The lowest BCUT2D eigenvalue weighted by atomic mass is 9.56. The minimum absolute atomic E-state index is 0.134. The molecule has 1 amide bonds. The van der Waals surface area contributed by atoms with Gasteiger partial charge in [-0.3, -0.25) is 9.69 Å². The largest absolute Gasteiger partial charge is 0.496 e. The Morgan fingerprint density at radius 1 is 1.10 bits per heavy atom. The first kappa shape index (κ1) is 26.9. The van der Waals surface area contributed by atoms with E-state index >= 15 is 0 Å². The number of aryl methyl sites for hydroxylation is 1. The first-order valence-corrected chi connectivity index (χ1v) is 14.8. The summed E-state index contributed by atoms with van der Waals surface area (Å²) in [6.45, 7) is 10.6. The Morgan fingerprint density at radius 3 is 2.52 bits per heavy atom. The van der Waals surface area contributed by atoms with E-state index in [1.807, 2.05) is 23.2 Å². The number of aromatic nitrogens is 1. The van der Waals surface area contributed by atoms with Gasteiger partial charge >= 0.3 is 0 Å². The number of likely N-dealkylation sites (tertiary alicyclic amines) is 1. The van der Waals surface area contributed by atoms with E-state index in [9.17, 15) is 10.1 Å². The van der Waals surface area contributed by atoms with Crippen molar-refractivity contribution < 1.29 is 9.53 Å². The summed E-state index contributed by atoms with van der Waals surface area (Å²) in [5, 5.41) is 10.7. The van der Waals surface area contributed by atoms with Crippen molar-refractivity contribution in [2.75, 3.05) is 46.4 Å². The molecule has 0 bridgehead atoms. The standard InChI is InChI=1S/C33H41N5O2/c1-4-36-13-15-37(16-14-36)32(39)26-7-5-25(6-8-26)29-20-33(18-24(19-33)21-34)10-12-38(29)22-28-27-9-11-35-31(27)23(2)17-30(28)40-3/h5-9,11,17,24,29,35H,4,10,12-16,18-20,22H2,1-3H3. The molecule has 2 saturated heterocycles. The van der Waals surface area contributed by atoms with Crippen molar-refractivity contribution in [3.63, 3.8) is 0 Å². The molecule has 3 aliphatic rings. The minimum Gasteiger partial charge on any atom is -0.496 e. The molecular weight excluding hydrogens is 498 g/mol. The Labute approximate surface area is 237 Å². The van der Waals surface area contributed by atoms with Gasteiger partial charge in [-0.05, 0) is 86.5 Å². The fourth-order valence-electron chi connectivity index (χ4n) is 7.43. The lowest BCUT2D eigenvalue weighted by Gasteiger charge is -2.53. The van der Waals surface area contributed by atoms with Gasteiger partial charge in [-0.25, -0.2) is 0 Å². The van der Waals surface area contributed by atoms with Crippen molar-refractivity contribution in [2.45, 2.75) is 52.1 Å². The number of H-pyrrole nitrogens is 1. The smallest absolute Gasteiger partial charge is 0.253 e. The lowest BCUT2D eigenvalue weighted by Crippen LogP contribution is -2.48. The van der Waals surface area contributed by atoms with E-state index < -0.39 is 0 Å². The third-order valence-corrected chi connectivity index (χ3v) is 9.88. The molecule has 1 saturated carbocycles. The fraction of sp³-hybridized carbons (Fsp3) is 0.515. The number of nitrogens with zero attached hydrogens (tertiary/aromatic N) is 4. The van der Waals surface area contributed by atoms with Crippen LogP contribution in [0.5, 0.6) is 5.75 Å². The van der Waals surface area contributed by atoms with E-state index in [2.05, 4.69) is 59.0 Å². The Morgan fingerprint density at radius 2 is 1.85 bits per heavy atom. The van der Waals surface area contributed by atoms with Gasteiger partial charge in [0.25, 0.3) is 5.91 Å². The number of aromatic amines is 1. The number of ether oxygens (including phenoxy) is 1. The molecule has 2 aromatic carbocycles. The molecule has 3 heterocycles. The van der Waals surface area contributed by atoms with Crippen molar-refractivity contribution >= 4 is 16.8 Å². The number of carbonyl (C=O) groups is 1. The van der Waals surface area contributed by atoms with Crippen LogP contribution in [0.25, 0.3) is 10.9 Å². The van der Waals surface area contributed by atoms with Crippen molar-refractivity contribution in [1.29, 1.82) is 5.26 Å². The maximum absolute atomic E-state index is 13.3. The summed E-state index contributed by atoms with van der Waals surface area (Å²) in [5.74, 6) is 1.26. The van der Waals surface area contributed by atoms with Crippen molar-refractivity contribution in [1.82, 2.24) is 19.7 Å². The number of likely N-dealkylation sites (N-methyl/N-ethyl adjacent to an activating group) is 1. The number of hydrogen-bond acceptors (Lipinski definition) is 5. The predicted octanol–water partition coefficient (Wildman–Crippen LogP) is 5.52. The van der Waals surface area contributed by atoms with Crippen LogP contribution in [-0.2, 0) is 6.54 Å². The normalized spacial score (nSPS) is 25.6. The summed E-state index contributed by atoms with van der Waals surface area (Å²) in [6.07, 6.45) is 6.18. The van der Waals surface area contributed by atoms with Gasteiger partial charge < -0.3 is 19.5 Å². The molecule has 0 radical (unpaired) electrons. The van der Waals surface area contributed by atoms with E-state index in [4.69, 9.17) is 4.74 Å². The van der Waals surface area contributed by atoms with E-state index in [0.29, 0.717) is 0 Å². The SMILES string of the molecule is CCN1CCN(C(=O)c2ccc(C3CC4(CCN3Cc3c(OC)cc(C)c5[nH]ccc35)CC(C#N)C4)cc2)CC1. The maximum Gasteiger partial charge on any atom is 0.253 e. The second-order valence-corrected chi connectivity index (χ2v) is 12.2. The van der Waals surface area contributed by atoms with Gasteiger partial charge in [-0.1, -0.05) is 19.1 Å². The third kappa shape index (κ3) is 4.88. The van der Waals surface area contributed by atoms with Gasteiger partial charge in [0.05, 0.1) is 13.2 Å². The van der Waals surface area contributed by atoms with Gasteiger partial charge in [0.1, 0.15) is 5.75 Å². The highest BCUT2D eigenvalue weighted by molar-refractivity contribution is 5.94. The van der Waals surface area contributed by atoms with Gasteiger partial charge in [-0.2, -0.15) is 5.26 Å². The number of nitrogens with one attached hydrogen (secondary N) is 1. The molecule has 1 N–H and O–H groups in total. The Balaban J connectivity index is 1.27. The molecule has 40 heavy (non-hydrogen) atoms. The number of benzene rings is 2. The molecule has 1 aliphatic carbocycles. The van der Waals surface area contributed by atoms with Crippen molar-refractivity contribution in [3.8, 4) is 11.8 Å². The summed E-state index contributed by atoms with van der Waals surface area (Å²) in [4.78, 5) is 23.6. The summed E-state index contributed by atoms with van der Waals surface area (Å²) in [5.41, 5.74) is 5.83. The highest BCUT2D eigenvalue weighted by Crippen LogP contribution is 2.56. The molecular formula is C33H41N5O2. The van der Waals surface area contributed by atoms with Crippen LogP contribution < -0.4 is 4.74 Å². The fourth-order valence-corrected chi connectivity index (χ4v) is 7.43. The van der Waals surface area contributed by atoms with Gasteiger partial charge in [-0.15, -0.1) is 0 Å². The van der Waals surface area contributed by atoms with Crippen LogP contribution in [0.15, 0.2) is 42.6 Å². The first-order valence-electron chi connectivity index (χ1n) is 14.8. The zero-order valence-corrected chi connectivity index (χ0v) is 24.1. The zero-order chi connectivity index (χ0) is 27.9. The van der Waals surface area contributed by atoms with Crippen LogP contribution in [-0.4, -0.2) is 72.0 Å². The van der Waals surface area contributed by atoms with Crippen LogP contribution in [0.2, 0.25) is 0 Å². The second-order valence-electron chi connectivity index (χ2n) is 12.2. The summed E-state index contributed by atoms with van der Waals surface area (Å²) < 4.78 is 5.88. The molecule has 3 fully saturated rings. The number of nitriles is 1. The highest BCUT2D eigenvalue weighted by Gasteiger charge is 2.49. The number of piperidine rings is 1. The molecule has 3 aromatic rings. The Bertz CT molecular complexity index is 1410. The van der Waals surface area contributed by atoms with Crippen LogP contribution in [0.1, 0.15) is 65.7 Å². The van der Waals surface area contributed by atoms with E-state index in [0.717, 1.165) is 82.8 Å². The predicted molar refractivity (Wildman–Crippen MR) is 157 cm³/mol. The van der Waals surface area contributed by atoms with Crippen molar-refractivity contribution in [2.24, 2.45) is 11.3 Å². The van der Waals surface area contributed by atoms with E-state index in [1.165, 1.54) is 27.6 Å². The monoisotopic (exact) mass is 539 g/mol. The number of fused-ring (bicyclic) bond motifs is 1. The molecule has 1 spiro atoms. The first-order chi connectivity index (χ1) is 19.4. The van der Waals surface area contributed by atoms with E-state index in [-0.39, 0.29) is 23.3 Å². The number of methoxy groups -OCH3 is 1. The minimum atomic E-state index is 0.134. The molecule has 7 heteroatoms. The lowest BCUT2D eigenvalue weighted by molar-refractivity contribution is -0.0298. The van der Waals surface area contributed by atoms with Gasteiger partial charge in [0, 0.05) is 72.9 Å².